The van der Waals surface area contributed by atoms with Crippen LogP contribution in [0.4, 0.5) is 15.8 Å². The average molecular weight is 620 g/mol. The van der Waals surface area contributed by atoms with E-state index in [1.807, 2.05) is 19.1 Å². The first-order valence-corrected chi connectivity index (χ1v) is 15.2. The van der Waals surface area contributed by atoms with Gasteiger partial charge in [-0.3, -0.25) is 19.2 Å². The molecule has 9 nitrogen and oxygen atoms in total. The molecule has 12 heteroatoms. The van der Waals surface area contributed by atoms with E-state index in [2.05, 4.69) is 10.3 Å². The lowest BCUT2D eigenvalue weighted by Crippen LogP contribution is -2.32. The summed E-state index contributed by atoms with van der Waals surface area (Å²) in [5, 5.41) is 2.49. The van der Waals surface area contributed by atoms with Crippen LogP contribution >= 0.6 is 23.1 Å². The number of nitrogens with zero attached hydrogens (tertiary/aromatic N) is 1. The fourth-order valence-electron chi connectivity index (χ4n) is 5.30. The quantitative estimate of drug-likeness (QED) is 0.264. The van der Waals surface area contributed by atoms with Crippen LogP contribution in [0.1, 0.15) is 28.8 Å². The van der Waals surface area contributed by atoms with Crippen molar-refractivity contribution in [3.05, 3.63) is 98.2 Å². The number of carbonyl (C=O) groups is 3. The first-order valence-electron chi connectivity index (χ1n) is 13.5. The molecule has 3 unspecified atom stereocenters. The number of aromatic nitrogens is 1. The van der Waals surface area contributed by atoms with Gasteiger partial charge in [-0.15, -0.1) is 0 Å². The van der Waals surface area contributed by atoms with Gasteiger partial charge >= 0.3 is 4.87 Å². The highest BCUT2D eigenvalue weighted by molar-refractivity contribution is 8.00. The molecule has 220 valence electrons. The minimum absolute atomic E-state index is 0.269. The summed E-state index contributed by atoms with van der Waals surface area (Å²) >= 11 is 2.23. The third kappa shape index (κ3) is 5.55. The summed E-state index contributed by atoms with van der Waals surface area (Å²) < 4.78 is 24.8. The second kappa shape index (κ2) is 11.7. The van der Waals surface area contributed by atoms with Crippen molar-refractivity contribution in [2.24, 2.45) is 5.92 Å². The Kier molecular flexibility index (Phi) is 7.80. The van der Waals surface area contributed by atoms with Crippen molar-refractivity contribution in [3.63, 3.8) is 0 Å². The lowest BCUT2D eigenvalue weighted by Gasteiger charge is -2.30. The number of rotatable bonds is 8. The molecule has 2 aliphatic heterocycles. The first-order chi connectivity index (χ1) is 20.7. The summed E-state index contributed by atoms with van der Waals surface area (Å²) in [4.78, 5) is 57.0. The molecule has 43 heavy (non-hydrogen) atoms. The van der Waals surface area contributed by atoms with Crippen LogP contribution in [0.25, 0.3) is 0 Å². The average Bonchev–Trinajstić information content (AvgIpc) is 3.48. The standard InChI is InChI=1S/C31H26FN3O6S2/c1-3-40-22-14-17(6-13-21(22)41-15-23(36)33-19-9-7-18(32)8-10-19)24-25-27(42-28-26(24)43-31(39)34-28)30(38)35(29(25)37)20-11-4-16(2)5-12-20/h4-14,24-25,27H,3,15H2,1-2H3,(H,33,36)(H,34,39). The number of benzene rings is 3. The van der Waals surface area contributed by atoms with Crippen LogP contribution in [0.15, 0.2) is 76.6 Å². The SMILES string of the molecule is CCOc1cc(C2c3sc(=O)[nH]c3SC3C(=O)N(c4ccc(C)cc4)C(=O)C32)ccc1OCC(=O)Nc1ccc(F)cc1. The highest BCUT2D eigenvalue weighted by Crippen LogP contribution is 2.53. The van der Waals surface area contributed by atoms with E-state index >= 15 is 0 Å². The van der Waals surface area contributed by atoms with E-state index in [4.69, 9.17) is 9.47 Å². The van der Waals surface area contributed by atoms with Gasteiger partial charge in [0.1, 0.15) is 11.1 Å². The summed E-state index contributed by atoms with van der Waals surface area (Å²) in [6, 6.07) is 17.7. The predicted octanol–water partition coefficient (Wildman–Crippen LogP) is 5.10. The molecule has 2 N–H and O–H groups in total. The number of imide groups is 1. The van der Waals surface area contributed by atoms with Crippen LogP contribution in [-0.2, 0) is 14.4 Å². The van der Waals surface area contributed by atoms with Gasteiger partial charge in [-0.2, -0.15) is 0 Å². The third-order valence-electron chi connectivity index (χ3n) is 7.23. The molecule has 0 aliphatic carbocycles. The number of aromatic amines is 1. The molecule has 3 amide bonds. The van der Waals surface area contributed by atoms with Crippen molar-refractivity contribution < 1.29 is 28.2 Å². The Balaban J connectivity index is 1.31. The van der Waals surface area contributed by atoms with Gasteiger partial charge in [-0.1, -0.05) is 46.9 Å². The van der Waals surface area contributed by atoms with E-state index in [9.17, 15) is 23.6 Å². The monoisotopic (exact) mass is 619 g/mol. The van der Waals surface area contributed by atoms with Gasteiger partial charge in [0.25, 0.3) is 5.91 Å². The highest BCUT2D eigenvalue weighted by atomic mass is 32.2. The number of aryl methyl sites for hydroxylation is 1. The molecule has 3 heterocycles. The molecular weight excluding hydrogens is 593 g/mol. The third-order valence-corrected chi connectivity index (χ3v) is 9.63. The second-order valence-corrected chi connectivity index (χ2v) is 12.2. The molecule has 6 rings (SSSR count). The fraction of sp³-hybridized carbons (Fsp3) is 0.226. The number of nitrogens with one attached hydrogen (secondary N) is 2. The Hall–Kier alpha value is -4.42. The van der Waals surface area contributed by atoms with Crippen LogP contribution in [0.2, 0.25) is 0 Å². The van der Waals surface area contributed by atoms with E-state index in [1.165, 1.54) is 40.9 Å². The number of hydrogen-bond donors (Lipinski definition) is 2. The molecular formula is C31H26FN3O6S2. The fourth-order valence-corrected chi connectivity index (χ4v) is 7.82. The lowest BCUT2D eigenvalue weighted by atomic mass is 9.83. The summed E-state index contributed by atoms with van der Waals surface area (Å²) in [6.07, 6.45) is 0. The smallest absolute Gasteiger partial charge is 0.305 e. The molecule has 0 radical (unpaired) electrons. The Bertz CT molecular complexity index is 1770. The number of ether oxygens (including phenoxy) is 2. The number of amides is 3. The minimum Gasteiger partial charge on any atom is -0.490 e. The lowest BCUT2D eigenvalue weighted by molar-refractivity contribution is -0.122. The van der Waals surface area contributed by atoms with E-state index in [0.717, 1.165) is 16.9 Å². The van der Waals surface area contributed by atoms with Crippen molar-refractivity contribution in [1.29, 1.82) is 0 Å². The zero-order chi connectivity index (χ0) is 30.2. The topological polar surface area (TPSA) is 118 Å². The van der Waals surface area contributed by atoms with Crippen LogP contribution in [0.5, 0.6) is 11.5 Å². The Morgan fingerprint density at radius 1 is 0.977 bits per heavy atom. The molecule has 3 atom stereocenters. The largest absolute Gasteiger partial charge is 0.490 e. The molecule has 1 aromatic heterocycles. The van der Waals surface area contributed by atoms with Gasteiger partial charge in [-0.05, 0) is 67.9 Å². The first kappa shape index (κ1) is 28.7. The molecule has 0 spiro atoms. The van der Waals surface area contributed by atoms with E-state index in [1.54, 1.807) is 37.3 Å². The summed E-state index contributed by atoms with van der Waals surface area (Å²) in [6.45, 7) is 3.71. The van der Waals surface area contributed by atoms with E-state index in [0.29, 0.717) is 44.9 Å². The zero-order valence-corrected chi connectivity index (χ0v) is 24.7. The van der Waals surface area contributed by atoms with Crippen LogP contribution in [0, 0.1) is 18.7 Å². The van der Waals surface area contributed by atoms with E-state index < -0.39 is 28.8 Å². The van der Waals surface area contributed by atoms with Crippen molar-refractivity contribution in [3.8, 4) is 11.5 Å². The highest BCUT2D eigenvalue weighted by Gasteiger charge is 2.56. The number of carbonyl (C=O) groups excluding carboxylic acids is 3. The number of anilines is 2. The Morgan fingerprint density at radius 3 is 2.44 bits per heavy atom. The summed E-state index contributed by atoms with van der Waals surface area (Å²) in [5.41, 5.74) is 2.61. The summed E-state index contributed by atoms with van der Waals surface area (Å²) in [5.74, 6) is -2.21. The molecule has 3 aromatic carbocycles. The predicted molar refractivity (Wildman–Crippen MR) is 162 cm³/mol. The van der Waals surface area contributed by atoms with Crippen molar-refractivity contribution in [2.75, 3.05) is 23.4 Å². The number of H-pyrrole nitrogens is 1. The summed E-state index contributed by atoms with van der Waals surface area (Å²) in [7, 11) is 0. The van der Waals surface area contributed by atoms with Gasteiger partial charge < -0.3 is 19.8 Å². The molecule has 2 aliphatic rings. The van der Waals surface area contributed by atoms with Gasteiger partial charge in [0.2, 0.25) is 11.8 Å². The second-order valence-electron chi connectivity index (χ2n) is 10.1. The zero-order valence-electron chi connectivity index (χ0n) is 23.1. The van der Waals surface area contributed by atoms with Crippen LogP contribution in [0.3, 0.4) is 0 Å². The van der Waals surface area contributed by atoms with Gasteiger partial charge in [0.15, 0.2) is 18.1 Å². The maximum Gasteiger partial charge on any atom is 0.305 e. The van der Waals surface area contributed by atoms with Gasteiger partial charge in [0.05, 0.1) is 23.2 Å². The number of hydrogen-bond acceptors (Lipinski definition) is 8. The molecule has 0 bridgehead atoms. The number of thioether (sulfide) groups is 1. The molecule has 0 saturated carbocycles. The molecule has 1 saturated heterocycles. The maximum atomic E-state index is 13.9. The number of fused-ring (bicyclic) bond motifs is 2. The Morgan fingerprint density at radius 2 is 1.72 bits per heavy atom. The molecule has 4 aromatic rings. The molecule has 1 fully saturated rings. The number of halogens is 1. The van der Waals surface area contributed by atoms with E-state index in [-0.39, 0.29) is 23.3 Å². The van der Waals surface area contributed by atoms with Gasteiger partial charge in [0, 0.05) is 16.5 Å². The van der Waals surface area contributed by atoms with Crippen molar-refractivity contribution >= 4 is 52.2 Å². The number of thiazole rings is 1. The van der Waals surface area contributed by atoms with Crippen molar-refractivity contribution in [2.45, 2.75) is 30.0 Å². The minimum atomic E-state index is -0.750. The normalized spacial score (nSPS) is 19.1. The van der Waals surface area contributed by atoms with Crippen LogP contribution < -0.4 is 24.6 Å². The van der Waals surface area contributed by atoms with Crippen LogP contribution in [-0.4, -0.2) is 41.2 Å². The maximum absolute atomic E-state index is 13.9. The Labute approximate surface area is 254 Å². The van der Waals surface area contributed by atoms with Gasteiger partial charge in [-0.25, -0.2) is 9.29 Å². The van der Waals surface area contributed by atoms with Crippen molar-refractivity contribution in [1.82, 2.24) is 4.98 Å².